The fraction of sp³-hybridized carbons (Fsp3) is 0.444. The highest BCUT2D eigenvalue weighted by molar-refractivity contribution is 5.78. The van der Waals surface area contributed by atoms with Gasteiger partial charge in [0.15, 0.2) is 5.65 Å². The SMILES string of the molecule is O=C1CCC(CNc2ccc3nnnn3n2)N1. The van der Waals surface area contributed by atoms with E-state index in [4.69, 9.17) is 0 Å². The Morgan fingerprint density at radius 2 is 2.47 bits per heavy atom. The molecule has 0 aromatic carbocycles. The van der Waals surface area contributed by atoms with E-state index in [1.807, 2.05) is 6.07 Å². The molecule has 0 spiro atoms. The van der Waals surface area contributed by atoms with Crippen LogP contribution in [0.15, 0.2) is 12.1 Å². The van der Waals surface area contributed by atoms with Gasteiger partial charge in [-0.15, -0.1) is 14.8 Å². The Kier molecular flexibility index (Phi) is 2.32. The van der Waals surface area contributed by atoms with Crippen molar-refractivity contribution in [2.45, 2.75) is 18.9 Å². The van der Waals surface area contributed by atoms with Gasteiger partial charge in [-0.25, -0.2) is 0 Å². The smallest absolute Gasteiger partial charge is 0.220 e. The number of rotatable bonds is 3. The average molecular weight is 233 g/mol. The molecule has 88 valence electrons. The normalized spacial score (nSPS) is 19.5. The highest BCUT2D eigenvalue weighted by Crippen LogP contribution is 2.08. The Morgan fingerprint density at radius 1 is 1.53 bits per heavy atom. The van der Waals surface area contributed by atoms with Gasteiger partial charge < -0.3 is 10.6 Å². The molecule has 3 heterocycles. The van der Waals surface area contributed by atoms with Crippen LogP contribution in [0, 0.1) is 0 Å². The number of anilines is 1. The lowest BCUT2D eigenvalue weighted by atomic mass is 10.2. The van der Waals surface area contributed by atoms with Gasteiger partial charge in [-0.05, 0) is 29.0 Å². The Bertz CT molecular complexity index is 551. The molecule has 1 atom stereocenters. The topological polar surface area (TPSA) is 97.1 Å². The summed E-state index contributed by atoms with van der Waals surface area (Å²) < 4.78 is 1.36. The zero-order chi connectivity index (χ0) is 11.7. The van der Waals surface area contributed by atoms with Gasteiger partial charge in [0.1, 0.15) is 5.82 Å². The van der Waals surface area contributed by atoms with Gasteiger partial charge in [-0.2, -0.15) is 0 Å². The number of hydrogen-bond acceptors (Lipinski definition) is 6. The van der Waals surface area contributed by atoms with Crippen LogP contribution < -0.4 is 10.6 Å². The van der Waals surface area contributed by atoms with Crippen LogP contribution in [0.25, 0.3) is 5.65 Å². The molecule has 3 rings (SSSR count). The van der Waals surface area contributed by atoms with Gasteiger partial charge in [0, 0.05) is 19.0 Å². The number of nitrogens with one attached hydrogen (secondary N) is 2. The maximum absolute atomic E-state index is 11.0. The lowest BCUT2D eigenvalue weighted by molar-refractivity contribution is -0.119. The third-order valence-corrected chi connectivity index (χ3v) is 2.68. The minimum Gasteiger partial charge on any atom is -0.367 e. The first-order chi connectivity index (χ1) is 8.31. The second kappa shape index (κ2) is 3.96. The summed E-state index contributed by atoms with van der Waals surface area (Å²) in [5.74, 6) is 0.798. The van der Waals surface area contributed by atoms with E-state index in [1.54, 1.807) is 6.07 Å². The lowest BCUT2D eigenvalue weighted by Crippen LogP contribution is -2.32. The Labute approximate surface area is 96.4 Å². The zero-order valence-electron chi connectivity index (χ0n) is 9.00. The molecular weight excluding hydrogens is 222 g/mol. The number of carbonyl (C=O) groups is 1. The summed E-state index contributed by atoms with van der Waals surface area (Å²) in [5, 5.41) is 21.2. The minimum absolute atomic E-state index is 0.112. The number of nitrogens with zero attached hydrogens (tertiary/aromatic N) is 5. The number of aromatic nitrogens is 5. The van der Waals surface area contributed by atoms with Crippen molar-refractivity contribution in [2.24, 2.45) is 0 Å². The van der Waals surface area contributed by atoms with Crippen molar-refractivity contribution in [3.63, 3.8) is 0 Å². The second-order valence-corrected chi connectivity index (χ2v) is 3.93. The number of hydrogen-bond donors (Lipinski definition) is 2. The molecule has 8 heteroatoms. The summed E-state index contributed by atoms with van der Waals surface area (Å²) in [7, 11) is 0. The summed E-state index contributed by atoms with van der Waals surface area (Å²) in [6.07, 6.45) is 1.46. The Balaban J connectivity index is 1.66. The Morgan fingerprint density at radius 3 is 3.29 bits per heavy atom. The lowest BCUT2D eigenvalue weighted by Gasteiger charge is -2.11. The number of carbonyl (C=O) groups excluding carboxylic acids is 1. The average Bonchev–Trinajstić information content (AvgIpc) is 2.94. The van der Waals surface area contributed by atoms with E-state index < -0.39 is 0 Å². The van der Waals surface area contributed by atoms with Crippen molar-refractivity contribution in [1.82, 2.24) is 30.6 Å². The van der Waals surface area contributed by atoms with Crippen molar-refractivity contribution in [1.29, 1.82) is 0 Å². The molecule has 8 nitrogen and oxygen atoms in total. The molecule has 1 aliphatic rings. The van der Waals surface area contributed by atoms with Crippen LogP contribution in [0.3, 0.4) is 0 Å². The molecule has 17 heavy (non-hydrogen) atoms. The first-order valence-corrected chi connectivity index (χ1v) is 5.40. The molecule has 1 fully saturated rings. The van der Waals surface area contributed by atoms with E-state index in [0.29, 0.717) is 24.4 Å². The van der Waals surface area contributed by atoms with Gasteiger partial charge in [-0.1, -0.05) is 0 Å². The van der Waals surface area contributed by atoms with Gasteiger partial charge in [0.25, 0.3) is 0 Å². The van der Waals surface area contributed by atoms with Crippen molar-refractivity contribution in [2.75, 3.05) is 11.9 Å². The molecule has 2 aromatic heterocycles. The number of amides is 1. The fourth-order valence-electron chi connectivity index (χ4n) is 1.80. The highest BCUT2D eigenvalue weighted by atomic mass is 16.1. The summed E-state index contributed by atoms with van der Waals surface area (Å²) in [6, 6.07) is 3.76. The van der Waals surface area contributed by atoms with Crippen LogP contribution in [0.4, 0.5) is 5.82 Å². The molecule has 1 amide bonds. The van der Waals surface area contributed by atoms with Gasteiger partial charge in [0.05, 0.1) is 0 Å². The third-order valence-electron chi connectivity index (χ3n) is 2.68. The summed E-state index contributed by atoms with van der Waals surface area (Å²) in [4.78, 5) is 11.0. The fourth-order valence-corrected chi connectivity index (χ4v) is 1.80. The van der Waals surface area contributed by atoms with Crippen LogP contribution in [0.2, 0.25) is 0 Å². The highest BCUT2D eigenvalue weighted by Gasteiger charge is 2.20. The Hall–Kier alpha value is -2.25. The van der Waals surface area contributed by atoms with E-state index in [-0.39, 0.29) is 11.9 Å². The molecule has 0 bridgehead atoms. The molecule has 2 N–H and O–H groups in total. The molecule has 0 saturated carbocycles. The summed E-state index contributed by atoms with van der Waals surface area (Å²) in [5.41, 5.74) is 0.602. The van der Waals surface area contributed by atoms with Crippen molar-refractivity contribution < 1.29 is 4.79 Å². The number of tetrazole rings is 1. The molecule has 0 aliphatic carbocycles. The molecule has 2 aromatic rings. The molecular formula is C9H11N7O. The van der Waals surface area contributed by atoms with Crippen LogP contribution >= 0.6 is 0 Å². The summed E-state index contributed by atoms with van der Waals surface area (Å²) >= 11 is 0. The largest absolute Gasteiger partial charge is 0.367 e. The molecule has 1 aliphatic heterocycles. The summed E-state index contributed by atoms with van der Waals surface area (Å²) in [6.45, 7) is 0.659. The van der Waals surface area contributed by atoms with E-state index in [2.05, 4.69) is 31.3 Å². The van der Waals surface area contributed by atoms with Crippen LogP contribution in [-0.2, 0) is 4.79 Å². The van der Waals surface area contributed by atoms with Crippen molar-refractivity contribution in [3.05, 3.63) is 12.1 Å². The number of fused-ring (bicyclic) bond motifs is 1. The predicted molar refractivity (Wildman–Crippen MR) is 58.2 cm³/mol. The van der Waals surface area contributed by atoms with E-state index in [1.165, 1.54) is 4.63 Å². The van der Waals surface area contributed by atoms with Gasteiger partial charge >= 0.3 is 0 Å². The molecule has 1 unspecified atom stereocenters. The maximum Gasteiger partial charge on any atom is 0.220 e. The van der Waals surface area contributed by atoms with Crippen LogP contribution in [0.5, 0.6) is 0 Å². The zero-order valence-corrected chi connectivity index (χ0v) is 9.00. The standard InChI is InChI=1S/C9H11N7O/c17-9-4-1-6(11-9)5-10-7-2-3-8-12-14-15-16(8)13-7/h2-3,6H,1,4-5H2,(H,10,13)(H,11,17). The van der Waals surface area contributed by atoms with Gasteiger partial charge in [-0.3, -0.25) is 4.79 Å². The van der Waals surface area contributed by atoms with E-state index in [9.17, 15) is 4.79 Å². The third kappa shape index (κ3) is 2.01. The van der Waals surface area contributed by atoms with Gasteiger partial charge in [0.2, 0.25) is 5.91 Å². The molecule has 0 radical (unpaired) electrons. The van der Waals surface area contributed by atoms with Crippen LogP contribution in [0.1, 0.15) is 12.8 Å². The van der Waals surface area contributed by atoms with Crippen LogP contribution in [-0.4, -0.2) is 43.7 Å². The molecule has 1 saturated heterocycles. The predicted octanol–water partition coefficient (Wildman–Crippen LogP) is -0.790. The maximum atomic E-state index is 11.0. The van der Waals surface area contributed by atoms with Crippen molar-refractivity contribution >= 4 is 17.4 Å². The quantitative estimate of drug-likeness (QED) is 0.721. The first kappa shape index (κ1) is 9.94. The van der Waals surface area contributed by atoms with E-state index in [0.717, 1.165) is 6.42 Å². The monoisotopic (exact) mass is 233 g/mol. The first-order valence-electron chi connectivity index (χ1n) is 5.40. The van der Waals surface area contributed by atoms with E-state index >= 15 is 0 Å². The minimum atomic E-state index is 0.112. The second-order valence-electron chi connectivity index (χ2n) is 3.93. The van der Waals surface area contributed by atoms with Crippen molar-refractivity contribution in [3.8, 4) is 0 Å².